The maximum Gasteiger partial charge on any atom is 0.107 e. The Morgan fingerprint density at radius 1 is 1.24 bits per heavy atom. The number of nitrogens with one attached hydrogen (secondary N) is 1. The van der Waals surface area contributed by atoms with E-state index in [1.165, 1.54) is 0 Å². The van der Waals surface area contributed by atoms with Gasteiger partial charge < -0.3 is 10.1 Å². The van der Waals surface area contributed by atoms with Crippen molar-refractivity contribution in [1.82, 2.24) is 9.97 Å². The number of hydrogen-bond acceptors (Lipinski definition) is 2. The molecule has 1 heterocycles. The zero-order chi connectivity index (χ0) is 11.7. The van der Waals surface area contributed by atoms with Crippen molar-refractivity contribution in [1.29, 1.82) is 0 Å². The Labute approximate surface area is 101 Å². The van der Waals surface area contributed by atoms with Crippen molar-refractivity contribution in [2.24, 2.45) is 0 Å². The van der Waals surface area contributed by atoms with E-state index in [1.807, 2.05) is 18.2 Å². The van der Waals surface area contributed by atoms with Crippen LogP contribution in [0.3, 0.4) is 0 Å². The lowest BCUT2D eigenvalue weighted by molar-refractivity contribution is 0.136. The van der Waals surface area contributed by atoms with Crippen molar-refractivity contribution in [3.63, 3.8) is 0 Å². The third kappa shape index (κ3) is 2.50. The summed E-state index contributed by atoms with van der Waals surface area (Å²) in [6, 6.07) is 8.11. The van der Waals surface area contributed by atoms with Crippen LogP contribution in [0.1, 0.15) is 37.9 Å². The molecule has 0 saturated heterocycles. The number of H-pyrrole nitrogens is 1. The highest BCUT2D eigenvalue weighted by Crippen LogP contribution is 2.39. The van der Waals surface area contributed by atoms with E-state index in [9.17, 15) is 5.11 Å². The first-order valence-corrected chi connectivity index (χ1v) is 6.41. The van der Waals surface area contributed by atoms with Gasteiger partial charge in [-0.3, -0.25) is 0 Å². The largest absolute Gasteiger partial charge is 0.390 e. The monoisotopic (exact) mass is 230 g/mol. The molecule has 1 aromatic heterocycles. The molecule has 1 aliphatic carbocycles. The summed E-state index contributed by atoms with van der Waals surface area (Å²) in [5.74, 6) is 1.06. The summed E-state index contributed by atoms with van der Waals surface area (Å²) in [5.41, 5.74) is 1.86. The Kier molecular flexibility index (Phi) is 2.63. The number of fused-ring (bicyclic) bond motifs is 1. The topological polar surface area (TPSA) is 48.9 Å². The van der Waals surface area contributed by atoms with Crippen LogP contribution >= 0.6 is 0 Å². The van der Waals surface area contributed by atoms with Crippen molar-refractivity contribution < 1.29 is 5.11 Å². The Balaban J connectivity index is 1.54. The smallest absolute Gasteiger partial charge is 0.107 e. The van der Waals surface area contributed by atoms with Gasteiger partial charge in [0.1, 0.15) is 5.82 Å². The molecule has 0 aliphatic heterocycles. The molecule has 1 aliphatic rings. The van der Waals surface area contributed by atoms with Crippen LogP contribution in [0.25, 0.3) is 11.0 Å². The number of aliphatic hydroxyl groups is 1. The molecule has 1 fully saturated rings. The molecule has 3 rings (SSSR count). The summed E-state index contributed by atoms with van der Waals surface area (Å²) in [5, 5.41) is 9.72. The zero-order valence-electron chi connectivity index (χ0n) is 9.95. The number of para-hydroxylation sites is 2. The van der Waals surface area contributed by atoms with Gasteiger partial charge >= 0.3 is 0 Å². The number of hydrogen-bond donors (Lipinski definition) is 2. The second-order valence-electron chi connectivity index (χ2n) is 5.13. The van der Waals surface area contributed by atoms with Crippen LogP contribution in [0.5, 0.6) is 0 Å². The van der Waals surface area contributed by atoms with E-state index < -0.39 is 0 Å². The molecule has 17 heavy (non-hydrogen) atoms. The first kappa shape index (κ1) is 10.8. The SMILES string of the molecule is OC1(CCCCc2nc3ccccc3[nH]2)CC1. The van der Waals surface area contributed by atoms with Crippen LogP contribution in [0.15, 0.2) is 24.3 Å². The molecule has 3 nitrogen and oxygen atoms in total. The van der Waals surface area contributed by atoms with Gasteiger partial charge in [0.05, 0.1) is 16.6 Å². The van der Waals surface area contributed by atoms with Crippen molar-refractivity contribution in [2.75, 3.05) is 0 Å². The van der Waals surface area contributed by atoms with E-state index >= 15 is 0 Å². The first-order valence-electron chi connectivity index (χ1n) is 6.41. The van der Waals surface area contributed by atoms with Gasteiger partial charge in [0.2, 0.25) is 0 Å². The van der Waals surface area contributed by atoms with Crippen molar-refractivity contribution in [2.45, 2.75) is 44.1 Å². The van der Waals surface area contributed by atoms with Crippen LogP contribution < -0.4 is 0 Å². The molecule has 1 saturated carbocycles. The third-order valence-electron chi connectivity index (χ3n) is 3.57. The van der Waals surface area contributed by atoms with E-state index in [0.717, 1.165) is 55.4 Å². The fraction of sp³-hybridized carbons (Fsp3) is 0.500. The lowest BCUT2D eigenvalue weighted by Gasteiger charge is -2.05. The summed E-state index contributed by atoms with van der Waals surface area (Å²) in [4.78, 5) is 7.88. The van der Waals surface area contributed by atoms with Gasteiger partial charge in [-0.1, -0.05) is 18.6 Å². The normalized spacial score (nSPS) is 17.5. The fourth-order valence-corrected chi connectivity index (χ4v) is 2.26. The van der Waals surface area contributed by atoms with E-state index in [-0.39, 0.29) is 5.60 Å². The van der Waals surface area contributed by atoms with Crippen LogP contribution in [-0.4, -0.2) is 20.7 Å². The number of rotatable bonds is 5. The molecule has 2 aromatic rings. The molecule has 1 aromatic carbocycles. The highest BCUT2D eigenvalue weighted by atomic mass is 16.3. The van der Waals surface area contributed by atoms with E-state index in [4.69, 9.17) is 0 Å². The fourth-order valence-electron chi connectivity index (χ4n) is 2.26. The maximum absolute atomic E-state index is 9.72. The predicted octanol–water partition coefficient (Wildman–Crippen LogP) is 2.80. The number of imidazole rings is 1. The Morgan fingerprint density at radius 2 is 2.06 bits per heavy atom. The summed E-state index contributed by atoms with van der Waals surface area (Å²) in [6.07, 6.45) is 6.11. The predicted molar refractivity (Wildman–Crippen MR) is 67.8 cm³/mol. The van der Waals surface area contributed by atoms with Gasteiger partial charge in [0.15, 0.2) is 0 Å². The number of aromatic nitrogens is 2. The molecule has 0 spiro atoms. The lowest BCUT2D eigenvalue weighted by atomic mass is 10.1. The third-order valence-corrected chi connectivity index (χ3v) is 3.57. The Morgan fingerprint density at radius 3 is 2.82 bits per heavy atom. The highest BCUT2D eigenvalue weighted by Gasteiger charge is 2.39. The number of aryl methyl sites for hydroxylation is 1. The summed E-state index contributed by atoms with van der Waals surface area (Å²) < 4.78 is 0. The molecule has 0 amide bonds. The molecule has 0 atom stereocenters. The molecular weight excluding hydrogens is 212 g/mol. The Hall–Kier alpha value is -1.35. The van der Waals surface area contributed by atoms with Crippen molar-refractivity contribution in [3.8, 4) is 0 Å². The summed E-state index contributed by atoms with van der Waals surface area (Å²) in [7, 11) is 0. The van der Waals surface area contributed by atoms with E-state index in [1.54, 1.807) is 0 Å². The molecule has 0 radical (unpaired) electrons. The second kappa shape index (κ2) is 4.15. The molecule has 90 valence electrons. The first-order chi connectivity index (χ1) is 8.25. The Bertz CT molecular complexity index is 481. The summed E-state index contributed by atoms with van der Waals surface area (Å²) in [6.45, 7) is 0. The van der Waals surface area contributed by atoms with E-state index in [0.29, 0.717) is 0 Å². The van der Waals surface area contributed by atoms with Crippen LogP contribution in [0.2, 0.25) is 0 Å². The zero-order valence-corrected chi connectivity index (χ0v) is 9.95. The lowest BCUT2D eigenvalue weighted by Crippen LogP contribution is -2.05. The van der Waals surface area contributed by atoms with Crippen LogP contribution in [0.4, 0.5) is 0 Å². The number of nitrogens with zero attached hydrogens (tertiary/aromatic N) is 1. The van der Waals surface area contributed by atoms with Crippen LogP contribution in [-0.2, 0) is 6.42 Å². The van der Waals surface area contributed by atoms with Gasteiger partial charge in [-0.15, -0.1) is 0 Å². The van der Waals surface area contributed by atoms with Gasteiger partial charge in [0, 0.05) is 6.42 Å². The molecule has 0 unspecified atom stereocenters. The van der Waals surface area contributed by atoms with Gasteiger partial charge in [-0.05, 0) is 37.8 Å². The van der Waals surface area contributed by atoms with Gasteiger partial charge in [-0.2, -0.15) is 0 Å². The van der Waals surface area contributed by atoms with E-state index in [2.05, 4.69) is 16.0 Å². The average molecular weight is 230 g/mol. The van der Waals surface area contributed by atoms with Crippen LogP contribution in [0, 0.1) is 0 Å². The molecule has 0 bridgehead atoms. The number of unbranched alkanes of at least 4 members (excludes halogenated alkanes) is 1. The van der Waals surface area contributed by atoms with Gasteiger partial charge in [-0.25, -0.2) is 4.98 Å². The van der Waals surface area contributed by atoms with Gasteiger partial charge in [0.25, 0.3) is 0 Å². The molecule has 3 heteroatoms. The number of aromatic amines is 1. The highest BCUT2D eigenvalue weighted by molar-refractivity contribution is 5.74. The minimum absolute atomic E-state index is 0.298. The summed E-state index contributed by atoms with van der Waals surface area (Å²) >= 11 is 0. The quantitative estimate of drug-likeness (QED) is 0.776. The van der Waals surface area contributed by atoms with Crippen molar-refractivity contribution >= 4 is 11.0 Å². The standard InChI is InChI=1S/C14H18N2O/c17-14(9-10-14)8-4-3-7-13-15-11-5-1-2-6-12(11)16-13/h1-2,5-6,17H,3-4,7-10H2,(H,15,16). The van der Waals surface area contributed by atoms with Crippen molar-refractivity contribution in [3.05, 3.63) is 30.1 Å². The maximum atomic E-state index is 9.72. The second-order valence-corrected chi connectivity index (χ2v) is 5.13. The molecular formula is C14H18N2O. The minimum Gasteiger partial charge on any atom is -0.390 e. The molecule has 2 N–H and O–H groups in total. The average Bonchev–Trinajstić information content (AvgIpc) is 2.92. The number of benzene rings is 1. The minimum atomic E-state index is -0.298.